The van der Waals surface area contributed by atoms with Crippen molar-refractivity contribution in [1.29, 1.82) is 0 Å². The number of carbonyl (C=O) groups excluding carboxylic acids is 3. The maximum atomic E-state index is 13.6. The number of hydrogen-bond donors (Lipinski definition) is 1. The van der Waals surface area contributed by atoms with Gasteiger partial charge in [-0.2, -0.15) is 9.78 Å². The van der Waals surface area contributed by atoms with E-state index in [0.29, 0.717) is 27.9 Å². The lowest BCUT2D eigenvalue weighted by molar-refractivity contribution is -0.137. The number of aromatic nitrogens is 2. The first-order chi connectivity index (χ1) is 21.3. The normalized spacial score (nSPS) is 12.4. The summed E-state index contributed by atoms with van der Waals surface area (Å²) < 4.78 is 17.9. The Morgan fingerprint density at radius 2 is 1.73 bits per heavy atom. The van der Waals surface area contributed by atoms with Crippen molar-refractivity contribution in [3.05, 3.63) is 101 Å². The number of benzene rings is 3. The average Bonchev–Trinajstić information content (AvgIpc) is 3.33. The lowest BCUT2D eigenvalue weighted by Gasteiger charge is -2.24. The number of rotatable bonds is 10. The summed E-state index contributed by atoms with van der Waals surface area (Å²) in [5.74, 6) is -0.0209. The number of carbonyl (C=O) groups is 3. The van der Waals surface area contributed by atoms with Crippen LogP contribution < -0.4 is 10.1 Å². The fourth-order valence-corrected chi connectivity index (χ4v) is 4.82. The van der Waals surface area contributed by atoms with Gasteiger partial charge in [0.1, 0.15) is 11.4 Å². The highest BCUT2D eigenvalue weighted by molar-refractivity contribution is 5.96. The second-order valence-corrected chi connectivity index (χ2v) is 12.0. The second-order valence-electron chi connectivity index (χ2n) is 12.0. The zero-order chi connectivity index (χ0) is 32.7. The Hall–Kier alpha value is -4.92. The minimum Gasteiger partial charge on any atom is -0.491 e. The molecule has 0 aliphatic rings. The summed E-state index contributed by atoms with van der Waals surface area (Å²) >= 11 is 0. The highest BCUT2D eigenvalue weighted by Gasteiger charge is 2.24. The molecular formula is C36H41N3O6. The Morgan fingerprint density at radius 1 is 1.00 bits per heavy atom. The molecule has 0 saturated carbocycles. The van der Waals surface area contributed by atoms with Crippen LogP contribution in [0.1, 0.15) is 75.5 Å². The van der Waals surface area contributed by atoms with Crippen molar-refractivity contribution in [3.8, 4) is 5.75 Å². The van der Waals surface area contributed by atoms with Crippen LogP contribution in [0.3, 0.4) is 0 Å². The molecule has 0 bridgehead atoms. The summed E-state index contributed by atoms with van der Waals surface area (Å²) in [4.78, 5) is 38.6. The minimum atomic E-state index is -0.735. The third kappa shape index (κ3) is 8.81. The summed E-state index contributed by atoms with van der Waals surface area (Å²) in [6, 6.07) is 20.6. The molecule has 0 fully saturated rings. The molecule has 4 rings (SSSR count). The van der Waals surface area contributed by atoms with Gasteiger partial charge >= 0.3 is 12.1 Å². The van der Waals surface area contributed by atoms with Gasteiger partial charge in [-0.1, -0.05) is 48.5 Å². The molecule has 1 atom stereocenters. The van der Waals surface area contributed by atoms with Gasteiger partial charge in [0.15, 0.2) is 0 Å². The topological polar surface area (TPSA) is 109 Å². The number of amides is 1. The molecule has 45 heavy (non-hydrogen) atoms. The predicted molar refractivity (Wildman–Crippen MR) is 174 cm³/mol. The average molecular weight is 612 g/mol. The van der Waals surface area contributed by atoms with E-state index in [1.165, 1.54) is 12.2 Å². The third-order valence-electron chi connectivity index (χ3n) is 6.65. The SMILES string of the molecule is CCOC(=O)/C=C/c1nn(C(=O)OC(C)(C)C)c2ccc(CC(=O)NC(c3ccccc3)c3ccc(C)cc3OC(C)C)cc12. The van der Waals surface area contributed by atoms with Crippen molar-refractivity contribution in [3.63, 3.8) is 0 Å². The van der Waals surface area contributed by atoms with Crippen molar-refractivity contribution < 1.29 is 28.6 Å². The van der Waals surface area contributed by atoms with Crippen LogP contribution in [-0.4, -0.2) is 46.1 Å². The molecule has 1 unspecified atom stereocenters. The largest absolute Gasteiger partial charge is 0.491 e. The van der Waals surface area contributed by atoms with Crippen LogP contribution in [0.2, 0.25) is 0 Å². The van der Waals surface area contributed by atoms with Gasteiger partial charge < -0.3 is 19.5 Å². The van der Waals surface area contributed by atoms with Crippen LogP contribution in [0.15, 0.2) is 72.8 Å². The van der Waals surface area contributed by atoms with Gasteiger partial charge in [-0.25, -0.2) is 9.59 Å². The Bertz CT molecular complexity index is 1700. The van der Waals surface area contributed by atoms with E-state index in [-0.39, 0.29) is 25.0 Å². The molecule has 0 spiro atoms. The lowest BCUT2D eigenvalue weighted by Crippen LogP contribution is -2.31. The molecule has 1 N–H and O–H groups in total. The van der Waals surface area contributed by atoms with E-state index in [4.69, 9.17) is 14.2 Å². The molecule has 4 aromatic rings. The molecule has 3 aromatic carbocycles. The Balaban J connectivity index is 1.68. The number of ether oxygens (including phenoxy) is 3. The molecule has 1 aromatic heterocycles. The standard InChI is InChI=1S/C36H41N3O6/c1-8-43-33(41)19-17-29-28-21-25(15-18-30(28)39(38-29)35(42)45-36(5,6)7)22-32(40)37-34(26-12-10-9-11-13-26)27-16-14-24(4)20-31(27)44-23(2)3/h9-21,23,34H,8,22H2,1-7H3,(H,37,40)/b19-17+. The van der Waals surface area contributed by atoms with E-state index < -0.39 is 23.7 Å². The fourth-order valence-electron chi connectivity index (χ4n) is 4.82. The maximum Gasteiger partial charge on any atom is 0.435 e. The molecular weight excluding hydrogens is 570 g/mol. The zero-order valence-corrected chi connectivity index (χ0v) is 26.9. The molecule has 1 heterocycles. The zero-order valence-electron chi connectivity index (χ0n) is 26.9. The quantitative estimate of drug-likeness (QED) is 0.153. The number of fused-ring (bicyclic) bond motifs is 1. The van der Waals surface area contributed by atoms with E-state index in [0.717, 1.165) is 21.4 Å². The molecule has 1 amide bonds. The van der Waals surface area contributed by atoms with Crippen LogP contribution >= 0.6 is 0 Å². The van der Waals surface area contributed by atoms with E-state index in [9.17, 15) is 14.4 Å². The van der Waals surface area contributed by atoms with Gasteiger partial charge in [0.2, 0.25) is 5.91 Å². The van der Waals surface area contributed by atoms with Crippen LogP contribution in [0, 0.1) is 6.92 Å². The van der Waals surface area contributed by atoms with Gasteiger partial charge in [0.05, 0.1) is 36.4 Å². The van der Waals surface area contributed by atoms with E-state index in [1.54, 1.807) is 45.9 Å². The van der Waals surface area contributed by atoms with Crippen molar-refractivity contribution in [2.45, 2.75) is 72.6 Å². The minimum absolute atomic E-state index is 0.0435. The first-order valence-corrected chi connectivity index (χ1v) is 15.1. The van der Waals surface area contributed by atoms with Crippen molar-refractivity contribution >= 4 is 34.9 Å². The van der Waals surface area contributed by atoms with Crippen LogP contribution in [0.5, 0.6) is 5.75 Å². The molecule has 0 saturated heterocycles. The summed E-state index contributed by atoms with van der Waals surface area (Å²) in [5, 5.41) is 8.22. The van der Waals surface area contributed by atoms with Crippen molar-refractivity contribution in [2.75, 3.05) is 6.61 Å². The first-order valence-electron chi connectivity index (χ1n) is 15.1. The summed E-state index contributed by atoms with van der Waals surface area (Å²) in [6.45, 7) is 13.2. The number of esters is 1. The molecule has 0 aliphatic heterocycles. The van der Waals surface area contributed by atoms with Crippen molar-refractivity contribution in [1.82, 2.24) is 15.1 Å². The summed E-state index contributed by atoms with van der Waals surface area (Å²) in [5.41, 5.74) is 3.64. The Kier molecular flexibility index (Phi) is 10.4. The predicted octanol–water partition coefficient (Wildman–Crippen LogP) is 6.94. The summed E-state index contributed by atoms with van der Waals surface area (Å²) in [6.07, 6.45) is 2.11. The van der Waals surface area contributed by atoms with Crippen molar-refractivity contribution in [2.24, 2.45) is 0 Å². The van der Waals surface area contributed by atoms with Gasteiger partial charge in [0.25, 0.3) is 0 Å². The molecule has 236 valence electrons. The number of nitrogens with zero attached hydrogens (tertiary/aromatic N) is 2. The first kappa shape index (κ1) is 33.0. The highest BCUT2D eigenvalue weighted by Crippen LogP contribution is 2.32. The van der Waals surface area contributed by atoms with Crippen LogP contribution in [0.25, 0.3) is 17.0 Å². The van der Waals surface area contributed by atoms with Crippen LogP contribution in [-0.2, 0) is 25.5 Å². The molecule has 9 heteroatoms. The van der Waals surface area contributed by atoms with E-state index in [2.05, 4.69) is 10.4 Å². The third-order valence-corrected chi connectivity index (χ3v) is 6.65. The monoisotopic (exact) mass is 611 g/mol. The highest BCUT2D eigenvalue weighted by atomic mass is 16.6. The smallest absolute Gasteiger partial charge is 0.435 e. The number of aryl methyl sites for hydroxylation is 1. The second kappa shape index (κ2) is 14.2. The van der Waals surface area contributed by atoms with Gasteiger partial charge in [-0.15, -0.1) is 0 Å². The van der Waals surface area contributed by atoms with E-state index >= 15 is 0 Å². The van der Waals surface area contributed by atoms with Gasteiger partial charge in [0, 0.05) is 17.0 Å². The fraction of sp³-hybridized carbons (Fsp3) is 0.333. The Morgan fingerprint density at radius 3 is 2.40 bits per heavy atom. The van der Waals surface area contributed by atoms with Crippen LogP contribution in [0.4, 0.5) is 4.79 Å². The lowest BCUT2D eigenvalue weighted by atomic mass is 9.96. The molecule has 0 radical (unpaired) electrons. The summed E-state index contributed by atoms with van der Waals surface area (Å²) in [7, 11) is 0. The Labute approximate surface area is 264 Å². The maximum absolute atomic E-state index is 13.6. The number of nitrogens with one attached hydrogen (secondary N) is 1. The molecule has 9 nitrogen and oxygen atoms in total. The van der Waals surface area contributed by atoms with Gasteiger partial charge in [-0.05, 0) is 89.4 Å². The molecule has 0 aliphatic carbocycles. The van der Waals surface area contributed by atoms with Gasteiger partial charge in [-0.3, -0.25) is 4.79 Å². The van der Waals surface area contributed by atoms with E-state index in [1.807, 2.05) is 69.3 Å². The number of hydrogen-bond acceptors (Lipinski definition) is 7.